The first kappa shape index (κ1) is 12.5. The largest absolute Gasteiger partial charge is 0.463 e. The van der Waals surface area contributed by atoms with E-state index in [0.717, 1.165) is 16.9 Å². The molecule has 1 aromatic carbocycles. The van der Waals surface area contributed by atoms with Gasteiger partial charge in [-0.25, -0.2) is 0 Å². The van der Waals surface area contributed by atoms with Crippen LogP contribution in [0.2, 0.25) is 0 Å². The molecule has 3 aromatic rings. The molecule has 0 saturated heterocycles. The van der Waals surface area contributed by atoms with Crippen LogP contribution in [0.3, 0.4) is 0 Å². The van der Waals surface area contributed by atoms with Gasteiger partial charge in [-0.15, -0.1) is 0 Å². The fourth-order valence-electron chi connectivity index (χ4n) is 2.38. The minimum atomic E-state index is -0.129. The number of anilines is 2. The van der Waals surface area contributed by atoms with Crippen molar-refractivity contribution in [2.45, 2.75) is 0 Å². The summed E-state index contributed by atoms with van der Waals surface area (Å²) in [5.74, 6) is 1.18. The molecule has 1 amide bonds. The van der Waals surface area contributed by atoms with Crippen LogP contribution in [0, 0.1) is 0 Å². The molecule has 0 aliphatic carbocycles. The van der Waals surface area contributed by atoms with Crippen molar-refractivity contribution >= 4 is 23.0 Å². The number of aromatic amines is 1. The Kier molecular flexibility index (Phi) is 2.79. The second kappa shape index (κ2) is 4.92. The highest BCUT2D eigenvalue weighted by molar-refractivity contribution is 6.31. The van der Waals surface area contributed by atoms with Gasteiger partial charge in [0, 0.05) is 23.5 Å². The monoisotopic (exact) mass is 292 g/mol. The second-order valence-corrected chi connectivity index (χ2v) is 4.85. The average molecular weight is 292 g/mol. The standard InChI is InChI=1S/C16H12N4O2/c21-16-11(10-4-1-2-5-12(10)18-16)9-17-15-8-13(19-20-15)14-6-3-7-22-14/h1-9H,(H,18,21)(H2,17,19,20). The van der Waals surface area contributed by atoms with Crippen molar-refractivity contribution in [2.24, 2.45) is 0 Å². The highest BCUT2D eigenvalue weighted by Crippen LogP contribution is 2.31. The molecule has 0 atom stereocenters. The number of nitrogens with one attached hydrogen (secondary N) is 3. The number of rotatable bonds is 3. The van der Waals surface area contributed by atoms with Gasteiger partial charge in [-0.05, 0) is 18.2 Å². The van der Waals surface area contributed by atoms with Crippen LogP contribution in [-0.4, -0.2) is 16.1 Å². The number of furan rings is 1. The van der Waals surface area contributed by atoms with E-state index >= 15 is 0 Å². The molecule has 22 heavy (non-hydrogen) atoms. The fourth-order valence-corrected chi connectivity index (χ4v) is 2.38. The molecule has 1 aliphatic rings. The normalized spacial score (nSPS) is 14.9. The first-order valence-electron chi connectivity index (χ1n) is 6.78. The Bertz CT molecular complexity index is 862. The summed E-state index contributed by atoms with van der Waals surface area (Å²) in [4.78, 5) is 12.0. The van der Waals surface area contributed by atoms with Gasteiger partial charge < -0.3 is 15.1 Å². The zero-order valence-corrected chi connectivity index (χ0v) is 11.5. The topological polar surface area (TPSA) is 83.0 Å². The predicted molar refractivity (Wildman–Crippen MR) is 83.0 cm³/mol. The molecule has 0 fully saturated rings. The summed E-state index contributed by atoms with van der Waals surface area (Å²) in [6.07, 6.45) is 3.26. The molecule has 108 valence electrons. The quantitative estimate of drug-likeness (QED) is 0.648. The van der Waals surface area contributed by atoms with E-state index in [9.17, 15) is 4.79 Å². The third-order valence-electron chi connectivity index (χ3n) is 3.44. The van der Waals surface area contributed by atoms with Gasteiger partial charge in [-0.2, -0.15) is 5.10 Å². The van der Waals surface area contributed by atoms with E-state index in [4.69, 9.17) is 4.42 Å². The summed E-state index contributed by atoms with van der Waals surface area (Å²) in [5.41, 5.74) is 3.04. The summed E-state index contributed by atoms with van der Waals surface area (Å²) in [6.45, 7) is 0. The molecule has 3 heterocycles. The van der Waals surface area contributed by atoms with E-state index in [2.05, 4.69) is 20.8 Å². The van der Waals surface area contributed by atoms with Crippen molar-refractivity contribution in [3.8, 4) is 11.5 Å². The molecule has 0 bridgehead atoms. The Morgan fingerprint density at radius 3 is 2.95 bits per heavy atom. The van der Waals surface area contributed by atoms with E-state index in [1.54, 1.807) is 12.5 Å². The van der Waals surface area contributed by atoms with E-state index in [1.165, 1.54) is 0 Å². The number of H-pyrrole nitrogens is 1. The Labute approximate surface area is 125 Å². The van der Waals surface area contributed by atoms with Crippen molar-refractivity contribution < 1.29 is 9.21 Å². The maximum absolute atomic E-state index is 12.0. The van der Waals surface area contributed by atoms with Gasteiger partial charge >= 0.3 is 0 Å². The lowest BCUT2D eigenvalue weighted by Crippen LogP contribution is -2.05. The predicted octanol–water partition coefficient (Wildman–Crippen LogP) is 3.07. The highest BCUT2D eigenvalue weighted by atomic mass is 16.3. The molecule has 3 N–H and O–H groups in total. The molecule has 0 radical (unpaired) electrons. The summed E-state index contributed by atoms with van der Waals surface area (Å²) in [5, 5.41) is 12.9. The van der Waals surface area contributed by atoms with E-state index < -0.39 is 0 Å². The van der Waals surface area contributed by atoms with E-state index in [-0.39, 0.29) is 5.91 Å². The molecule has 6 heteroatoms. The van der Waals surface area contributed by atoms with Crippen LogP contribution in [0.25, 0.3) is 17.0 Å². The summed E-state index contributed by atoms with van der Waals surface area (Å²) >= 11 is 0. The first-order chi connectivity index (χ1) is 10.8. The Balaban J connectivity index is 1.59. The summed E-state index contributed by atoms with van der Waals surface area (Å²) < 4.78 is 5.30. The van der Waals surface area contributed by atoms with Gasteiger partial charge in [0.2, 0.25) is 0 Å². The molecule has 0 saturated carbocycles. The third kappa shape index (κ3) is 2.07. The van der Waals surface area contributed by atoms with Gasteiger partial charge in [0.15, 0.2) is 11.6 Å². The van der Waals surface area contributed by atoms with Crippen molar-refractivity contribution in [3.63, 3.8) is 0 Å². The first-order valence-corrected chi connectivity index (χ1v) is 6.78. The van der Waals surface area contributed by atoms with Crippen molar-refractivity contribution in [3.05, 3.63) is 60.5 Å². The summed E-state index contributed by atoms with van der Waals surface area (Å²) in [7, 11) is 0. The number of hydrogen-bond acceptors (Lipinski definition) is 4. The van der Waals surface area contributed by atoms with Gasteiger partial charge in [0.1, 0.15) is 5.69 Å². The van der Waals surface area contributed by atoms with Crippen LogP contribution in [0.1, 0.15) is 5.56 Å². The van der Waals surface area contributed by atoms with E-state index in [1.807, 2.05) is 42.5 Å². The van der Waals surface area contributed by atoms with Crippen LogP contribution in [0.4, 0.5) is 11.5 Å². The SMILES string of the molecule is O=C1Nc2ccccc2C1=CNc1cc(-c2ccco2)[nH]n1. The lowest BCUT2D eigenvalue weighted by atomic mass is 10.1. The maximum Gasteiger partial charge on any atom is 0.257 e. The number of benzene rings is 1. The Morgan fingerprint density at radius 1 is 1.18 bits per heavy atom. The number of carbonyl (C=O) groups excluding carboxylic acids is 1. The van der Waals surface area contributed by atoms with Crippen LogP contribution >= 0.6 is 0 Å². The van der Waals surface area contributed by atoms with Crippen molar-refractivity contribution in [1.29, 1.82) is 0 Å². The number of aromatic nitrogens is 2. The van der Waals surface area contributed by atoms with Crippen LogP contribution < -0.4 is 10.6 Å². The lowest BCUT2D eigenvalue weighted by Gasteiger charge is -1.98. The van der Waals surface area contributed by atoms with E-state index in [0.29, 0.717) is 17.2 Å². The number of carbonyl (C=O) groups is 1. The average Bonchev–Trinajstić information content (AvgIpc) is 3.24. The van der Waals surface area contributed by atoms with Gasteiger partial charge in [-0.3, -0.25) is 9.89 Å². The smallest absolute Gasteiger partial charge is 0.257 e. The van der Waals surface area contributed by atoms with Gasteiger partial charge in [0.05, 0.1) is 11.8 Å². The molecule has 4 rings (SSSR count). The van der Waals surface area contributed by atoms with Gasteiger partial charge in [-0.1, -0.05) is 18.2 Å². The zero-order valence-electron chi connectivity index (χ0n) is 11.5. The zero-order chi connectivity index (χ0) is 14.9. The Hall–Kier alpha value is -3.28. The molecule has 6 nitrogen and oxygen atoms in total. The van der Waals surface area contributed by atoms with Crippen molar-refractivity contribution in [1.82, 2.24) is 10.2 Å². The van der Waals surface area contributed by atoms with Gasteiger partial charge in [0.25, 0.3) is 5.91 Å². The minimum Gasteiger partial charge on any atom is -0.463 e. The molecular weight excluding hydrogens is 280 g/mol. The molecule has 0 spiro atoms. The molecule has 0 unspecified atom stereocenters. The summed E-state index contributed by atoms with van der Waals surface area (Å²) in [6, 6.07) is 13.0. The second-order valence-electron chi connectivity index (χ2n) is 4.85. The van der Waals surface area contributed by atoms with Crippen molar-refractivity contribution in [2.75, 3.05) is 10.6 Å². The molecule has 2 aromatic heterocycles. The highest BCUT2D eigenvalue weighted by Gasteiger charge is 2.23. The Morgan fingerprint density at radius 2 is 2.09 bits per heavy atom. The lowest BCUT2D eigenvalue weighted by molar-refractivity contribution is -0.110. The number of hydrogen-bond donors (Lipinski definition) is 3. The van der Waals surface area contributed by atoms with Crippen LogP contribution in [0.5, 0.6) is 0 Å². The molecule has 1 aliphatic heterocycles. The number of fused-ring (bicyclic) bond motifs is 1. The minimum absolute atomic E-state index is 0.129. The number of amides is 1. The fraction of sp³-hybridized carbons (Fsp3) is 0. The molecular formula is C16H12N4O2. The maximum atomic E-state index is 12.0. The number of para-hydroxylation sites is 1. The third-order valence-corrected chi connectivity index (χ3v) is 3.44. The van der Waals surface area contributed by atoms with Crippen LogP contribution in [-0.2, 0) is 4.79 Å². The number of nitrogens with zero attached hydrogens (tertiary/aromatic N) is 1. The van der Waals surface area contributed by atoms with Crippen LogP contribution in [0.15, 0.2) is 59.3 Å².